The summed E-state index contributed by atoms with van der Waals surface area (Å²) < 4.78 is 10.9. The summed E-state index contributed by atoms with van der Waals surface area (Å²) >= 11 is 0. The van der Waals surface area contributed by atoms with Gasteiger partial charge in [-0.1, -0.05) is 29.5 Å². The predicted octanol–water partition coefficient (Wildman–Crippen LogP) is 2.53. The Labute approximate surface area is 172 Å². The average molecular weight is 388 g/mol. The second kappa shape index (κ2) is 9.11. The van der Waals surface area contributed by atoms with Gasteiger partial charge in [-0.05, 0) is 47.9 Å². The SMILES string of the molecule is COc1cc2c(cc1OC)C(/C(C#[NH+])=C\C=C\c1ccc(N(C)C)cc1)=NCC2. The Morgan fingerprint density at radius 1 is 1.10 bits per heavy atom. The molecule has 1 N–H and O–H groups in total. The number of aliphatic imine (C=N–C) groups is 1. The molecule has 148 valence electrons. The van der Waals surface area contributed by atoms with E-state index in [1.54, 1.807) is 14.2 Å². The summed E-state index contributed by atoms with van der Waals surface area (Å²) in [5, 5.41) is 7.78. The summed E-state index contributed by atoms with van der Waals surface area (Å²) in [4.78, 5) is 6.73. The van der Waals surface area contributed by atoms with Crippen LogP contribution in [0, 0.1) is 6.07 Å². The summed E-state index contributed by atoms with van der Waals surface area (Å²) in [5.41, 5.74) is 5.74. The number of nitrogens with one attached hydrogen (secondary N) is 1. The van der Waals surface area contributed by atoms with Crippen LogP contribution in [0.15, 0.2) is 59.1 Å². The second-order valence-corrected chi connectivity index (χ2v) is 6.90. The zero-order valence-electron chi connectivity index (χ0n) is 17.3. The number of methoxy groups -OCH3 is 2. The van der Waals surface area contributed by atoms with Gasteiger partial charge >= 0.3 is 6.07 Å². The molecule has 5 nitrogen and oxygen atoms in total. The molecule has 0 atom stereocenters. The monoisotopic (exact) mass is 388 g/mol. The minimum absolute atomic E-state index is 0.638. The lowest BCUT2D eigenvalue weighted by molar-refractivity contribution is -0.0908. The molecule has 2 aromatic rings. The lowest BCUT2D eigenvalue weighted by Crippen LogP contribution is -2.22. The number of nitrogens with zero attached hydrogens (tertiary/aromatic N) is 2. The smallest absolute Gasteiger partial charge is 0.310 e. The molecule has 0 amide bonds. The van der Waals surface area contributed by atoms with E-state index in [2.05, 4.69) is 40.2 Å². The van der Waals surface area contributed by atoms with Crippen LogP contribution in [-0.2, 0) is 6.42 Å². The van der Waals surface area contributed by atoms with E-state index in [9.17, 15) is 0 Å². The van der Waals surface area contributed by atoms with Gasteiger partial charge in [-0.2, -0.15) is 0 Å². The highest BCUT2D eigenvalue weighted by Crippen LogP contribution is 2.33. The first-order valence-corrected chi connectivity index (χ1v) is 9.46. The number of allylic oxidation sites excluding steroid dienone is 3. The van der Waals surface area contributed by atoms with Crippen LogP contribution < -0.4 is 19.6 Å². The highest BCUT2D eigenvalue weighted by molar-refractivity contribution is 6.16. The molecular formula is C24H26N3O2+. The molecule has 1 aliphatic heterocycles. The van der Waals surface area contributed by atoms with Gasteiger partial charge in [-0.3, -0.25) is 4.99 Å². The number of hydrogen-bond donors (Lipinski definition) is 1. The van der Waals surface area contributed by atoms with Gasteiger partial charge in [0.05, 0.1) is 19.9 Å². The van der Waals surface area contributed by atoms with Gasteiger partial charge in [0.2, 0.25) is 0 Å². The van der Waals surface area contributed by atoms with Crippen molar-refractivity contribution in [3.63, 3.8) is 0 Å². The van der Waals surface area contributed by atoms with Crippen molar-refractivity contribution in [1.82, 2.24) is 0 Å². The zero-order valence-corrected chi connectivity index (χ0v) is 17.3. The fraction of sp³-hybridized carbons (Fsp3) is 0.250. The molecular weight excluding hydrogens is 362 g/mol. The fourth-order valence-corrected chi connectivity index (χ4v) is 3.27. The van der Waals surface area contributed by atoms with Crippen LogP contribution in [0.2, 0.25) is 0 Å². The summed E-state index contributed by atoms with van der Waals surface area (Å²) in [5.74, 6) is 1.36. The molecule has 1 aliphatic rings. The molecule has 0 unspecified atom stereocenters. The van der Waals surface area contributed by atoms with Gasteiger partial charge < -0.3 is 14.4 Å². The molecule has 0 spiro atoms. The first-order chi connectivity index (χ1) is 14.1. The van der Waals surface area contributed by atoms with Gasteiger partial charge in [-0.25, -0.2) is 0 Å². The topological polar surface area (TPSA) is 57.9 Å². The molecule has 29 heavy (non-hydrogen) atoms. The van der Waals surface area contributed by atoms with E-state index < -0.39 is 0 Å². The van der Waals surface area contributed by atoms with E-state index in [1.165, 1.54) is 0 Å². The van der Waals surface area contributed by atoms with E-state index in [0.29, 0.717) is 23.6 Å². The molecule has 5 heteroatoms. The van der Waals surface area contributed by atoms with Crippen LogP contribution in [0.4, 0.5) is 5.69 Å². The number of benzene rings is 2. The number of ether oxygens (including phenoxy) is 2. The maximum absolute atomic E-state index is 7.78. The van der Waals surface area contributed by atoms with Crippen LogP contribution in [0.5, 0.6) is 11.5 Å². The Morgan fingerprint density at radius 2 is 1.79 bits per heavy atom. The van der Waals surface area contributed by atoms with E-state index in [1.807, 2.05) is 44.5 Å². The van der Waals surface area contributed by atoms with E-state index in [-0.39, 0.29) is 0 Å². The molecule has 0 radical (unpaired) electrons. The van der Waals surface area contributed by atoms with Crippen molar-refractivity contribution >= 4 is 17.5 Å². The summed E-state index contributed by atoms with van der Waals surface area (Å²) in [6.07, 6.45) is 6.64. The average Bonchev–Trinajstić information content (AvgIpc) is 2.75. The Kier molecular flexibility index (Phi) is 6.36. The molecule has 0 bridgehead atoms. The lowest BCUT2D eigenvalue weighted by atomic mass is 9.92. The number of fused-ring (bicyclic) bond motifs is 1. The predicted molar refractivity (Wildman–Crippen MR) is 117 cm³/mol. The van der Waals surface area contributed by atoms with Gasteiger partial charge in [-0.15, -0.1) is 0 Å². The molecule has 0 aliphatic carbocycles. The van der Waals surface area contributed by atoms with Crippen molar-refractivity contribution in [1.29, 1.82) is 0 Å². The van der Waals surface area contributed by atoms with Crippen molar-refractivity contribution in [3.05, 3.63) is 70.8 Å². The van der Waals surface area contributed by atoms with Crippen LogP contribution >= 0.6 is 0 Å². The Balaban J connectivity index is 1.89. The van der Waals surface area contributed by atoms with Crippen LogP contribution in [0.1, 0.15) is 16.7 Å². The van der Waals surface area contributed by atoms with E-state index in [0.717, 1.165) is 34.5 Å². The maximum Gasteiger partial charge on any atom is 0.310 e. The van der Waals surface area contributed by atoms with Gasteiger partial charge in [0.1, 0.15) is 5.57 Å². The van der Waals surface area contributed by atoms with E-state index in [4.69, 9.17) is 14.7 Å². The van der Waals surface area contributed by atoms with Crippen LogP contribution in [0.3, 0.4) is 0 Å². The van der Waals surface area contributed by atoms with Crippen molar-refractivity contribution in [3.8, 4) is 17.6 Å². The summed E-state index contributed by atoms with van der Waals surface area (Å²) in [6.45, 7) is 0.673. The van der Waals surface area contributed by atoms with Crippen molar-refractivity contribution in [2.75, 3.05) is 39.8 Å². The van der Waals surface area contributed by atoms with Crippen LogP contribution in [-0.4, -0.2) is 40.6 Å². The highest BCUT2D eigenvalue weighted by atomic mass is 16.5. The first-order valence-electron chi connectivity index (χ1n) is 9.46. The van der Waals surface area contributed by atoms with Crippen molar-refractivity contribution in [2.45, 2.75) is 6.42 Å². The number of anilines is 1. The summed E-state index contributed by atoms with van der Waals surface area (Å²) in [6, 6.07) is 14.8. The standard InChI is InChI=1S/C24H25N3O2/c1-27(2)20-10-8-17(9-11-20)6-5-7-19(16-25)24-21-15-23(29-4)22(28-3)14-18(21)12-13-26-24/h5-11,14-15H,12-13H2,1-4H3/p+1/b6-5+,19-7-. The third-order valence-electron chi connectivity index (χ3n) is 4.87. The molecule has 1 heterocycles. The Bertz CT molecular complexity index is 1010. The zero-order chi connectivity index (χ0) is 20.8. The van der Waals surface area contributed by atoms with Crippen molar-refractivity contribution in [2.24, 2.45) is 4.99 Å². The number of rotatable bonds is 6. The molecule has 0 saturated carbocycles. The van der Waals surface area contributed by atoms with Gasteiger partial charge in [0.15, 0.2) is 11.5 Å². The van der Waals surface area contributed by atoms with Crippen molar-refractivity contribution < 1.29 is 14.7 Å². The molecule has 3 rings (SSSR count). The minimum atomic E-state index is 0.638. The normalized spacial score (nSPS) is 13.5. The largest absolute Gasteiger partial charge is 0.493 e. The third kappa shape index (κ3) is 4.49. The van der Waals surface area contributed by atoms with Crippen LogP contribution in [0.25, 0.3) is 6.08 Å². The Hall–Kier alpha value is -3.52. The minimum Gasteiger partial charge on any atom is -0.493 e. The molecule has 0 fully saturated rings. The number of hydrogen-bond acceptors (Lipinski definition) is 4. The van der Waals surface area contributed by atoms with Gasteiger partial charge in [0, 0.05) is 31.9 Å². The highest BCUT2D eigenvalue weighted by Gasteiger charge is 2.22. The molecule has 2 aromatic carbocycles. The van der Waals surface area contributed by atoms with Gasteiger partial charge in [0.25, 0.3) is 0 Å². The quantitative estimate of drug-likeness (QED) is 0.611. The Morgan fingerprint density at radius 3 is 2.41 bits per heavy atom. The molecule has 0 saturated heterocycles. The molecule has 0 aromatic heterocycles. The maximum atomic E-state index is 7.78. The first kappa shape index (κ1) is 20.2. The lowest BCUT2D eigenvalue weighted by Gasteiger charge is -2.18. The third-order valence-corrected chi connectivity index (χ3v) is 4.87. The van der Waals surface area contributed by atoms with E-state index >= 15 is 0 Å². The summed E-state index contributed by atoms with van der Waals surface area (Å²) in [7, 11) is 7.29. The second-order valence-electron chi connectivity index (χ2n) is 6.90. The fourth-order valence-electron chi connectivity index (χ4n) is 3.27.